The molecule has 11 rings (SSSR count). The number of ether oxygens (including phenoxy) is 1. The lowest BCUT2D eigenvalue weighted by Crippen LogP contribution is -2.11. The minimum absolute atomic E-state index is 0.330. The quantitative estimate of drug-likeness (QED) is 0.207. The van der Waals surface area contributed by atoms with Gasteiger partial charge in [0.05, 0.1) is 22.4 Å². The van der Waals surface area contributed by atoms with Crippen molar-refractivity contribution in [2.75, 3.05) is 5.32 Å². The van der Waals surface area contributed by atoms with Crippen molar-refractivity contribution in [3.63, 3.8) is 0 Å². The Bertz CT molecular complexity index is 2950. The van der Waals surface area contributed by atoms with Crippen LogP contribution in [0.15, 0.2) is 158 Å². The lowest BCUT2D eigenvalue weighted by Gasteiger charge is -2.18. The van der Waals surface area contributed by atoms with E-state index in [0.717, 1.165) is 22.7 Å². The Morgan fingerprint density at radius 3 is 2.10 bits per heavy atom. The van der Waals surface area contributed by atoms with E-state index in [1.165, 1.54) is 74.6 Å². The molecule has 3 heterocycles. The van der Waals surface area contributed by atoms with Gasteiger partial charge >= 0.3 is 0 Å². The van der Waals surface area contributed by atoms with Crippen molar-refractivity contribution < 1.29 is 4.74 Å². The minimum Gasteiger partial charge on any atom is -0.464 e. The second-order valence-corrected chi connectivity index (χ2v) is 13.9. The number of fused-ring (bicyclic) bond motifs is 10. The van der Waals surface area contributed by atoms with E-state index < -0.39 is 0 Å². The maximum absolute atomic E-state index is 6.90. The van der Waals surface area contributed by atoms with Crippen LogP contribution in [0, 0.1) is 0 Å². The number of hydrogen-bond acceptors (Lipinski definition) is 3. The van der Waals surface area contributed by atoms with Gasteiger partial charge in [-0.25, -0.2) is 0 Å². The molecule has 3 nitrogen and oxygen atoms in total. The van der Waals surface area contributed by atoms with Crippen LogP contribution in [-0.4, -0.2) is 4.57 Å². The lowest BCUT2D eigenvalue weighted by atomic mass is 10.0. The van der Waals surface area contributed by atoms with Crippen LogP contribution in [-0.2, 0) is 0 Å². The Morgan fingerprint density at radius 2 is 1.24 bits per heavy atom. The van der Waals surface area contributed by atoms with Crippen LogP contribution < -0.4 is 10.1 Å². The number of nitrogens with one attached hydrogen (secondary N) is 1. The SMILES string of the molecule is c1ccc(-c2cc3c(c4c2sc2ccccc24)NC(c2ccc(-n4c5ccccc5c5cc6ccccc6cc54)c4ccccc24)O3)cc1. The van der Waals surface area contributed by atoms with E-state index in [4.69, 9.17) is 4.74 Å². The van der Waals surface area contributed by atoms with Crippen molar-refractivity contribution in [3.05, 3.63) is 163 Å². The van der Waals surface area contributed by atoms with Crippen molar-refractivity contribution in [3.8, 4) is 22.6 Å². The number of thiophene rings is 1. The first-order chi connectivity index (χ1) is 24.3. The summed E-state index contributed by atoms with van der Waals surface area (Å²) >= 11 is 1.85. The van der Waals surface area contributed by atoms with Gasteiger partial charge in [-0.1, -0.05) is 121 Å². The fourth-order valence-electron chi connectivity index (χ4n) is 8.02. The molecule has 0 saturated carbocycles. The summed E-state index contributed by atoms with van der Waals surface area (Å²) in [6.07, 6.45) is -0.330. The number of nitrogens with zero attached hydrogens (tertiary/aromatic N) is 1. The summed E-state index contributed by atoms with van der Waals surface area (Å²) in [5, 5.41) is 13.7. The average molecular weight is 645 g/mol. The second-order valence-electron chi connectivity index (χ2n) is 12.9. The summed E-state index contributed by atoms with van der Waals surface area (Å²) < 4.78 is 11.9. The number of para-hydroxylation sites is 1. The van der Waals surface area contributed by atoms with E-state index in [1.807, 2.05) is 11.3 Å². The molecule has 0 amide bonds. The summed E-state index contributed by atoms with van der Waals surface area (Å²) in [4.78, 5) is 0. The molecule has 10 aromatic rings. The maximum Gasteiger partial charge on any atom is 0.197 e. The fraction of sp³-hybridized carbons (Fsp3) is 0.0222. The van der Waals surface area contributed by atoms with Gasteiger partial charge in [0.15, 0.2) is 6.23 Å². The van der Waals surface area contributed by atoms with Crippen LogP contribution >= 0.6 is 11.3 Å². The Balaban J connectivity index is 1.11. The zero-order valence-electron chi connectivity index (χ0n) is 26.4. The molecular formula is C45H28N2OS. The molecule has 0 saturated heterocycles. The molecule has 0 fully saturated rings. The first kappa shape index (κ1) is 26.9. The molecule has 4 heteroatoms. The van der Waals surface area contributed by atoms with E-state index in [1.54, 1.807) is 0 Å². The summed E-state index contributed by atoms with van der Waals surface area (Å²) in [7, 11) is 0. The normalized spacial score (nSPS) is 14.2. The monoisotopic (exact) mass is 644 g/mol. The fourth-order valence-corrected chi connectivity index (χ4v) is 9.26. The van der Waals surface area contributed by atoms with E-state index in [-0.39, 0.29) is 6.23 Å². The Labute approximate surface area is 286 Å². The van der Waals surface area contributed by atoms with Crippen molar-refractivity contribution in [1.29, 1.82) is 0 Å². The standard InChI is InChI=1S/C45H28N2OS/c1-2-12-27(13-3-1)35-26-40-43(42-34-19-9-11-21-41(34)49-44(35)42)46-45(48-40)33-22-23-38(31-17-7-6-16-30(31)33)47-37-20-10-8-18-32(37)36-24-28-14-4-5-15-29(28)25-39(36)47/h1-26,45-46H. The molecule has 2 aromatic heterocycles. The molecule has 0 aliphatic carbocycles. The Kier molecular flexibility index (Phi) is 5.60. The first-order valence-electron chi connectivity index (χ1n) is 16.7. The van der Waals surface area contributed by atoms with Gasteiger partial charge in [-0.05, 0) is 58.1 Å². The van der Waals surface area contributed by atoms with Gasteiger partial charge in [-0.15, -0.1) is 11.3 Å². The highest BCUT2D eigenvalue weighted by molar-refractivity contribution is 7.26. The van der Waals surface area contributed by atoms with E-state index >= 15 is 0 Å². The topological polar surface area (TPSA) is 26.2 Å². The van der Waals surface area contributed by atoms with Crippen LogP contribution in [0.5, 0.6) is 5.75 Å². The highest BCUT2D eigenvalue weighted by atomic mass is 32.1. The van der Waals surface area contributed by atoms with Crippen LogP contribution in [0.3, 0.4) is 0 Å². The molecule has 1 aliphatic heterocycles. The number of hydrogen-bond donors (Lipinski definition) is 1. The third-order valence-electron chi connectivity index (χ3n) is 10.2. The van der Waals surface area contributed by atoms with E-state index in [2.05, 4.69) is 168 Å². The predicted molar refractivity (Wildman–Crippen MR) is 208 cm³/mol. The van der Waals surface area contributed by atoms with Crippen LogP contribution in [0.2, 0.25) is 0 Å². The molecular weight excluding hydrogens is 617 g/mol. The lowest BCUT2D eigenvalue weighted by molar-refractivity contribution is 0.261. The van der Waals surface area contributed by atoms with Crippen molar-refractivity contribution in [2.24, 2.45) is 0 Å². The number of benzene rings is 8. The second kappa shape index (κ2) is 10.2. The molecule has 1 atom stereocenters. The third-order valence-corrected chi connectivity index (χ3v) is 11.4. The zero-order chi connectivity index (χ0) is 32.1. The highest BCUT2D eigenvalue weighted by Gasteiger charge is 2.30. The third kappa shape index (κ3) is 3.89. The molecule has 0 bridgehead atoms. The van der Waals surface area contributed by atoms with Crippen molar-refractivity contribution in [2.45, 2.75) is 6.23 Å². The Hall–Kier alpha value is -6.10. The maximum atomic E-state index is 6.90. The largest absolute Gasteiger partial charge is 0.464 e. The minimum atomic E-state index is -0.330. The number of anilines is 1. The number of aromatic nitrogens is 1. The summed E-state index contributed by atoms with van der Waals surface area (Å²) in [6, 6.07) is 57.0. The van der Waals surface area contributed by atoms with Crippen LogP contribution in [0.4, 0.5) is 5.69 Å². The smallest absolute Gasteiger partial charge is 0.197 e. The van der Waals surface area contributed by atoms with Gasteiger partial charge < -0.3 is 14.6 Å². The molecule has 230 valence electrons. The molecule has 1 aliphatic rings. The first-order valence-corrected chi connectivity index (χ1v) is 17.5. The summed E-state index contributed by atoms with van der Waals surface area (Å²) in [5.41, 5.74) is 8.16. The molecule has 1 N–H and O–H groups in total. The van der Waals surface area contributed by atoms with E-state index in [9.17, 15) is 0 Å². The van der Waals surface area contributed by atoms with Crippen molar-refractivity contribution >= 4 is 80.5 Å². The van der Waals surface area contributed by atoms with Gasteiger partial charge in [-0.3, -0.25) is 0 Å². The van der Waals surface area contributed by atoms with Gasteiger partial charge in [0.2, 0.25) is 0 Å². The Morgan fingerprint density at radius 1 is 0.551 bits per heavy atom. The molecule has 1 unspecified atom stereocenters. The number of rotatable bonds is 3. The van der Waals surface area contributed by atoms with E-state index in [0.29, 0.717) is 0 Å². The highest BCUT2D eigenvalue weighted by Crippen LogP contribution is 2.52. The molecule has 0 spiro atoms. The molecule has 49 heavy (non-hydrogen) atoms. The van der Waals surface area contributed by atoms with Gasteiger partial charge in [0.1, 0.15) is 5.75 Å². The zero-order valence-corrected chi connectivity index (χ0v) is 27.2. The summed E-state index contributed by atoms with van der Waals surface area (Å²) in [6.45, 7) is 0. The molecule has 8 aromatic carbocycles. The van der Waals surface area contributed by atoms with Gasteiger partial charge in [0.25, 0.3) is 0 Å². The van der Waals surface area contributed by atoms with Crippen LogP contribution in [0.1, 0.15) is 11.8 Å². The summed E-state index contributed by atoms with van der Waals surface area (Å²) in [5.74, 6) is 0.891. The van der Waals surface area contributed by atoms with Gasteiger partial charge in [-0.2, -0.15) is 0 Å². The average Bonchev–Trinajstić information content (AvgIpc) is 3.85. The molecule has 0 radical (unpaired) electrons. The van der Waals surface area contributed by atoms with Crippen LogP contribution in [0.25, 0.3) is 80.3 Å². The van der Waals surface area contributed by atoms with Gasteiger partial charge in [0, 0.05) is 47.5 Å². The predicted octanol–water partition coefficient (Wildman–Crippen LogP) is 12.6. The van der Waals surface area contributed by atoms with Crippen molar-refractivity contribution in [1.82, 2.24) is 4.57 Å².